The van der Waals surface area contributed by atoms with E-state index in [0.717, 1.165) is 11.3 Å². The number of rotatable bonds is 5. The fourth-order valence-electron chi connectivity index (χ4n) is 4.11. The van der Waals surface area contributed by atoms with Crippen LogP contribution in [0.4, 0.5) is 17.1 Å². The van der Waals surface area contributed by atoms with Gasteiger partial charge in [0.2, 0.25) is 0 Å². The van der Waals surface area contributed by atoms with Crippen molar-refractivity contribution in [1.29, 1.82) is 0 Å². The minimum Gasteiger partial charge on any atom is -0.345 e. The Bertz CT molecular complexity index is 1410. The summed E-state index contributed by atoms with van der Waals surface area (Å²) in [5.74, 6) is -0.373. The Morgan fingerprint density at radius 2 is 1.82 bits per heavy atom. The first-order valence-electron chi connectivity index (χ1n) is 10.5. The van der Waals surface area contributed by atoms with Gasteiger partial charge in [-0.2, -0.15) is 0 Å². The quantitative estimate of drug-likeness (QED) is 0.424. The zero-order valence-corrected chi connectivity index (χ0v) is 19.7. The maximum absolute atomic E-state index is 13.2. The lowest BCUT2D eigenvalue weighted by Crippen LogP contribution is -2.41. The number of non-ortho nitro benzene ring substituents is 1. The first-order valence-corrected chi connectivity index (χ1v) is 12.8. The van der Waals surface area contributed by atoms with Crippen molar-refractivity contribution in [2.24, 2.45) is 0 Å². The molecule has 0 saturated carbocycles. The van der Waals surface area contributed by atoms with Gasteiger partial charge < -0.3 is 10.2 Å². The molecule has 3 aromatic carbocycles. The molecular formula is C23H20N4O5S2. The number of benzene rings is 3. The van der Waals surface area contributed by atoms with Crippen molar-refractivity contribution < 1.29 is 18.1 Å². The van der Waals surface area contributed by atoms with Crippen LogP contribution in [0, 0.1) is 10.1 Å². The minimum atomic E-state index is -3.74. The number of carbonyl (C=O) groups is 1. The Hall–Kier alpha value is -3.57. The van der Waals surface area contributed by atoms with Gasteiger partial charge in [0, 0.05) is 36.2 Å². The molecule has 5 rings (SSSR count). The standard InChI is InChI=1S/C23H20N4O5S2/c1-25-20-11-8-17(27(29)30)14-21(20)33-23(25)24-22(28)16-6-9-18(10-7-16)34(31,32)26-13-12-15-4-2-3-5-19(15)26/h2-11,14,23H,12-13H2,1H3,(H,24,28)/t23-/m1/s1. The van der Waals surface area contributed by atoms with E-state index in [1.807, 2.05) is 23.1 Å². The highest BCUT2D eigenvalue weighted by Crippen LogP contribution is 2.43. The summed E-state index contributed by atoms with van der Waals surface area (Å²) in [4.78, 5) is 26.1. The molecule has 0 unspecified atom stereocenters. The monoisotopic (exact) mass is 496 g/mol. The van der Waals surface area contributed by atoms with Crippen LogP contribution in [0.15, 0.2) is 76.5 Å². The van der Waals surface area contributed by atoms with E-state index in [1.165, 1.54) is 52.5 Å². The fourth-order valence-corrected chi connectivity index (χ4v) is 6.82. The number of nitrogens with one attached hydrogen (secondary N) is 1. The summed E-state index contributed by atoms with van der Waals surface area (Å²) in [6, 6.07) is 17.8. The molecule has 0 aromatic heterocycles. The van der Waals surface area contributed by atoms with E-state index < -0.39 is 20.4 Å². The molecule has 0 bridgehead atoms. The second kappa shape index (κ2) is 8.33. The highest BCUT2D eigenvalue weighted by atomic mass is 32.2. The molecule has 174 valence electrons. The summed E-state index contributed by atoms with van der Waals surface area (Å²) in [6.07, 6.45) is 0.661. The SMILES string of the molecule is CN1c2ccc([N+](=O)[O-])cc2S[C@@H]1NC(=O)c1ccc(S(=O)(=O)N2CCc3ccccc32)cc1. The Labute approximate surface area is 200 Å². The molecule has 1 N–H and O–H groups in total. The Morgan fingerprint density at radius 3 is 2.56 bits per heavy atom. The molecule has 0 spiro atoms. The predicted molar refractivity (Wildman–Crippen MR) is 130 cm³/mol. The van der Waals surface area contributed by atoms with Crippen LogP contribution in [-0.2, 0) is 16.4 Å². The number of fused-ring (bicyclic) bond motifs is 2. The summed E-state index contributed by atoms with van der Waals surface area (Å²) >= 11 is 1.30. The average molecular weight is 497 g/mol. The van der Waals surface area contributed by atoms with Gasteiger partial charge in [0.25, 0.3) is 21.6 Å². The summed E-state index contributed by atoms with van der Waals surface area (Å²) in [5, 5.41) is 13.9. The summed E-state index contributed by atoms with van der Waals surface area (Å²) in [5.41, 5.74) is 2.32. The number of anilines is 2. The van der Waals surface area contributed by atoms with Crippen LogP contribution in [0.25, 0.3) is 0 Å². The van der Waals surface area contributed by atoms with E-state index in [-0.39, 0.29) is 16.5 Å². The van der Waals surface area contributed by atoms with Gasteiger partial charge in [-0.1, -0.05) is 30.0 Å². The van der Waals surface area contributed by atoms with Crippen LogP contribution in [0.5, 0.6) is 0 Å². The van der Waals surface area contributed by atoms with Gasteiger partial charge in [-0.3, -0.25) is 19.2 Å². The molecule has 2 aliphatic heterocycles. The third-order valence-corrected chi connectivity index (χ3v) is 8.99. The molecular weight excluding hydrogens is 476 g/mol. The summed E-state index contributed by atoms with van der Waals surface area (Å²) in [7, 11) is -1.95. The maximum atomic E-state index is 13.2. The highest BCUT2D eigenvalue weighted by Gasteiger charge is 2.32. The minimum absolute atomic E-state index is 0.0101. The highest BCUT2D eigenvalue weighted by molar-refractivity contribution is 8.00. The van der Waals surface area contributed by atoms with Crippen LogP contribution in [-0.4, -0.2) is 38.3 Å². The first kappa shape index (κ1) is 22.2. The number of thioether (sulfide) groups is 1. The molecule has 1 atom stereocenters. The lowest BCUT2D eigenvalue weighted by molar-refractivity contribution is -0.385. The second-order valence-corrected chi connectivity index (χ2v) is 10.9. The molecule has 0 saturated heterocycles. The van der Waals surface area contributed by atoms with Crippen molar-refractivity contribution in [2.75, 3.05) is 22.8 Å². The van der Waals surface area contributed by atoms with E-state index in [4.69, 9.17) is 0 Å². The fraction of sp³-hybridized carbons (Fsp3) is 0.174. The molecule has 3 aromatic rings. The number of nitro groups is 1. The number of nitro benzene ring substituents is 1. The summed E-state index contributed by atoms with van der Waals surface area (Å²) in [6.45, 7) is 0.383. The number of amides is 1. The molecule has 9 nitrogen and oxygen atoms in total. The van der Waals surface area contributed by atoms with Gasteiger partial charge in [-0.05, 0) is 48.4 Å². The average Bonchev–Trinajstić information content (AvgIpc) is 3.40. The van der Waals surface area contributed by atoms with E-state index in [0.29, 0.717) is 29.1 Å². The van der Waals surface area contributed by atoms with Crippen molar-refractivity contribution in [1.82, 2.24) is 5.32 Å². The van der Waals surface area contributed by atoms with Crippen molar-refractivity contribution >= 4 is 44.8 Å². The van der Waals surface area contributed by atoms with E-state index in [2.05, 4.69) is 5.32 Å². The van der Waals surface area contributed by atoms with Crippen molar-refractivity contribution in [3.05, 3.63) is 88.0 Å². The number of sulfonamides is 1. The first-order chi connectivity index (χ1) is 16.3. The van der Waals surface area contributed by atoms with Gasteiger partial charge in [-0.15, -0.1) is 0 Å². The molecule has 0 aliphatic carbocycles. The number of hydrogen-bond donors (Lipinski definition) is 1. The zero-order chi connectivity index (χ0) is 24.0. The van der Waals surface area contributed by atoms with Crippen LogP contribution >= 0.6 is 11.8 Å². The lowest BCUT2D eigenvalue weighted by atomic mass is 10.2. The van der Waals surface area contributed by atoms with Gasteiger partial charge in [0.05, 0.1) is 21.2 Å². The van der Waals surface area contributed by atoms with Crippen LogP contribution in [0.2, 0.25) is 0 Å². The number of para-hydroxylation sites is 1. The van der Waals surface area contributed by atoms with Gasteiger partial charge >= 0.3 is 0 Å². The third-order valence-electron chi connectivity index (χ3n) is 5.93. The molecule has 2 aliphatic rings. The topological polar surface area (TPSA) is 113 Å². The Morgan fingerprint density at radius 1 is 1.09 bits per heavy atom. The molecule has 0 fully saturated rings. The maximum Gasteiger partial charge on any atom is 0.270 e. The molecule has 2 heterocycles. The second-order valence-electron chi connectivity index (χ2n) is 7.94. The van der Waals surface area contributed by atoms with E-state index in [1.54, 1.807) is 19.2 Å². The predicted octanol–water partition coefficient (Wildman–Crippen LogP) is 3.60. The molecule has 1 amide bonds. The third kappa shape index (κ3) is 3.76. The molecule has 11 heteroatoms. The molecule has 0 radical (unpaired) electrons. The van der Waals surface area contributed by atoms with Crippen molar-refractivity contribution in [3.8, 4) is 0 Å². The normalized spacial score (nSPS) is 16.8. The van der Waals surface area contributed by atoms with Gasteiger partial charge in [-0.25, -0.2) is 8.42 Å². The van der Waals surface area contributed by atoms with Crippen molar-refractivity contribution in [3.63, 3.8) is 0 Å². The van der Waals surface area contributed by atoms with E-state index in [9.17, 15) is 23.3 Å². The Kier molecular flexibility index (Phi) is 5.45. The number of hydrogen-bond acceptors (Lipinski definition) is 7. The van der Waals surface area contributed by atoms with Crippen LogP contribution in [0.3, 0.4) is 0 Å². The van der Waals surface area contributed by atoms with Gasteiger partial charge in [0.1, 0.15) is 0 Å². The number of carbonyl (C=O) groups excluding carboxylic acids is 1. The smallest absolute Gasteiger partial charge is 0.270 e. The van der Waals surface area contributed by atoms with Gasteiger partial charge in [0.15, 0.2) is 5.50 Å². The zero-order valence-electron chi connectivity index (χ0n) is 18.0. The largest absolute Gasteiger partial charge is 0.345 e. The van der Waals surface area contributed by atoms with E-state index >= 15 is 0 Å². The molecule has 34 heavy (non-hydrogen) atoms. The van der Waals surface area contributed by atoms with Crippen molar-refractivity contribution in [2.45, 2.75) is 21.7 Å². The lowest BCUT2D eigenvalue weighted by Gasteiger charge is -2.22. The Balaban J connectivity index is 1.30. The summed E-state index contributed by atoms with van der Waals surface area (Å²) < 4.78 is 27.7. The van der Waals surface area contributed by atoms with Crippen LogP contribution < -0.4 is 14.5 Å². The van der Waals surface area contributed by atoms with Crippen LogP contribution in [0.1, 0.15) is 15.9 Å². The number of nitrogens with zero attached hydrogens (tertiary/aromatic N) is 3.